The van der Waals surface area contributed by atoms with Gasteiger partial charge in [-0.05, 0) is 37.1 Å². The van der Waals surface area contributed by atoms with Gasteiger partial charge in [0.1, 0.15) is 0 Å². The molecule has 100 valence electrons. The lowest BCUT2D eigenvalue weighted by atomic mass is 10.1. The van der Waals surface area contributed by atoms with Gasteiger partial charge in [0, 0.05) is 15.1 Å². The summed E-state index contributed by atoms with van der Waals surface area (Å²) in [5.74, 6) is 0.923. The van der Waals surface area contributed by atoms with Gasteiger partial charge in [0.2, 0.25) is 0 Å². The monoisotopic (exact) mass is 336 g/mol. The largest absolute Gasteiger partial charge is 0.392 e. The van der Waals surface area contributed by atoms with Crippen LogP contribution in [0, 0.1) is 13.8 Å². The second-order valence-corrected chi connectivity index (χ2v) is 6.63. The Bertz CT molecular complexity index is 561. The van der Waals surface area contributed by atoms with Gasteiger partial charge in [-0.2, -0.15) is 0 Å². The fraction of sp³-hybridized carbons (Fsp3) is 0.250. The van der Waals surface area contributed by atoms with E-state index in [9.17, 15) is 5.11 Å². The summed E-state index contributed by atoms with van der Waals surface area (Å²) in [7, 11) is 0. The van der Waals surface area contributed by atoms with Gasteiger partial charge in [0.05, 0.1) is 6.61 Å². The Kier molecular flexibility index (Phi) is 5.08. The summed E-state index contributed by atoms with van der Waals surface area (Å²) in [6, 6.07) is 12.6. The Morgan fingerprint density at radius 1 is 1.05 bits per heavy atom. The van der Waals surface area contributed by atoms with Gasteiger partial charge in [0.15, 0.2) is 0 Å². The molecule has 0 heterocycles. The quantitative estimate of drug-likeness (QED) is 0.805. The molecular formula is C16H17BrOS. The molecule has 0 atom stereocenters. The van der Waals surface area contributed by atoms with Crippen molar-refractivity contribution in [2.24, 2.45) is 0 Å². The van der Waals surface area contributed by atoms with Crippen LogP contribution < -0.4 is 0 Å². The van der Waals surface area contributed by atoms with Crippen molar-refractivity contribution < 1.29 is 5.11 Å². The molecule has 0 unspecified atom stereocenters. The van der Waals surface area contributed by atoms with Crippen LogP contribution in [0.3, 0.4) is 0 Å². The van der Waals surface area contributed by atoms with E-state index in [1.807, 2.05) is 12.1 Å². The maximum Gasteiger partial charge on any atom is 0.0692 e. The van der Waals surface area contributed by atoms with Crippen molar-refractivity contribution in [1.29, 1.82) is 0 Å². The number of thioether (sulfide) groups is 1. The SMILES string of the molecule is Cc1cc(C)cc(CSc2cc(Br)ccc2CO)c1. The second kappa shape index (κ2) is 6.60. The number of hydrogen-bond donors (Lipinski definition) is 1. The molecule has 0 aliphatic heterocycles. The highest BCUT2D eigenvalue weighted by atomic mass is 79.9. The van der Waals surface area contributed by atoms with E-state index in [0.29, 0.717) is 0 Å². The topological polar surface area (TPSA) is 20.2 Å². The van der Waals surface area contributed by atoms with Crippen LogP contribution in [0.25, 0.3) is 0 Å². The minimum atomic E-state index is 0.0858. The van der Waals surface area contributed by atoms with Crippen LogP contribution in [0.1, 0.15) is 22.3 Å². The number of benzene rings is 2. The van der Waals surface area contributed by atoms with Crippen LogP contribution in [0.2, 0.25) is 0 Å². The Morgan fingerprint density at radius 3 is 2.37 bits per heavy atom. The van der Waals surface area contributed by atoms with Crippen molar-refractivity contribution in [3.63, 3.8) is 0 Å². The predicted molar refractivity (Wildman–Crippen MR) is 85.5 cm³/mol. The molecule has 2 rings (SSSR count). The lowest BCUT2D eigenvalue weighted by Gasteiger charge is -2.09. The molecule has 0 aliphatic rings. The van der Waals surface area contributed by atoms with Gasteiger partial charge in [-0.25, -0.2) is 0 Å². The minimum Gasteiger partial charge on any atom is -0.392 e. The van der Waals surface area contributed by atoms with E-state index in [-0.39, 0.29) is 6.61 Å². The van der Waals surface area contributed by atoms with Crippen LogP contribution in [0.4, 0.5) is 0 Å². The number of rotatable bonds is 4. The Balaban J connectivity index is 2.16. The van der Waals surface area contributed by atoms with Crippen molar-refractivity contribution in [2.45, 2.75) is 31.1 Å². The molecule has 1 N–H and O–H groups in total. The number of aryl methyl sites for hydroxylation is 2. The zero-order chi connectivity index (χ0) is 13.8. The van der Waals surface area contributed by atoms with Gasteiger partial charge < -0.3 is 5.11 Å². The van der Waals surface area contributed by atoms with E-state index >= 15 is 0 Å². The summed E-state index contributed by atoms with van der Waals surface area (Å²) < 4.78 is 1.05. The molecule has 0 radical (unpaired) electrons. The third-order valence-corrected chi connectivity index (χ3v) is 4.54. The van der Waals surface area contributed by atoms with Crippen molar-refractivity contribution in [3.8, 4) is 0 Å². The molecule has 3 heteroatoms. The lowest BCUT2D eigenvalue weighted by Crippen LogP contribution is -1.90. The first-order valence-electron chi connectivity index (χ1n) is 6.18. The third-order valence-electron chi connectivity index (χ3n) is 2.88. The maximum atomic E-state index is 9.37. The molecule has 2 aromatic rings. The average Bonchev–Trinajstić information content (AvgIpc) is 2.35. The first kappa shape index (κ1) is 14.6. The maximum absolute atomic E-state index is 9.37. The average molecular weight is 337 g/mol. The lowest BCUT2D eigenvalue weighted by molar-refractivity contribution is 0.279. The van der Waals surface area contributed by atoms with Crippen LogP contribution in [-0.4, -0.2) is 5.11 Å². The number of hydrogen-bond acceptors (Lipinski definition) is 2. The number of halogens is 1. The van der Waals surface area contributed by atoms with Crippen LogP contribution >= 0.6 is 27.7 Å². The van der Waals surface area contributed by atoms with E-state index in [1.54, 1.807) is 11.8 Å². The summed E-state index contributed by atoms with van der Waals surface area (Å²) in [6.07, 6.45) is 0. The number of aliphatic hydroxyl groups is 1. The van der Waals surface area contributed by atoms with Crippen molar-refractivity contribution >= 4 is 27.7 Å². The molecule has 0 aromatic heterocycles. The first-order chi connectivity index (χ1) is 9.08. The Morgan fingerprint density at radius 2 is 1.74 bits per heavy atom. The van der Waals surface area contributed by atoms with E-state index in [1.165, 1.54) is 16.7 Å². The summed E-state index contributed by atoms with van der Waals surface area (Å²) in [6.45, 7) is 4.33. The predicted octanol–water partition coefficient (Wildman–Crippen LogP) is 4.85. The molecule has 0 amide bonds. The minimum absolute atomic E-state index is 0.0858. The third kappa shape index (κ3) is 4.10. The van der Waals surface area contributed by atoms with Gasteiger partial charge in [-0.1, -0.05) is 51.3 Å². The molecule has 19 heavy (non-hydrogen) atoms. The smallest absolute Gasteiger partial charge is 0.0692 e. The summed E-state index contributed by atoms with van der Waals surface area (Å²) >= 11 is 5.25. The van der Waals surface area contributed by atoms with Crippen molar-refractivity contribution in [3.05, 3.63) is 63.1 Å². The van der Waals surface area contributed by atoms with E-state index in [4.69, 9.17) is 0 Å². The summed E-state index contributed by atoms with van der Waals surface area (Å²) in [5, 5.41) is 9.37. The highest BCUT2D eigenvalue weighted by Gasteiger charge is 2.04. The van der Waals surface area contributed by atoms with Crippen LogP contribution in [-0.2, 0) is 12.4 Å². The normalized spacial score (nSPS) is 10.7. The van der Waals surface area contributed by atoms with Crippen LogP contribution in [0.5, 0.6) is 0 Å². The van der Waals surface area contributed by atoms with Crippen molar-refractivity contribution in [2.75, 3.05) is 0 Å². The van der Waals surface area contributed by atoms with Crippen LogP contribution in [0.15, 0.2) is 45.8 Å². The van der Waals surface area contributed by atoms with E-state index in [0.717, 1.165) is 20.7 Å². The highest BCUT2D eigenvalue weighted by Crippen LogP contribution is 2.29. The number of aliphatic hydroxyl groups excluding tert-OH is 1. The summed E-state index contributed by atoms with van der Waals surface area (Å²) in [5.41, 5.74) is 4.91. The standard InChI is InChI=1S/C16H17BrOS/c1-11-5-12(2)7-13(6-11)10-19-16-8-15(17)4-3-14(16)9-18/h3-8,18H,9-10H2,1-2H3. The molecule has 2 aromatic carbocycles. The van der Waals surface area contributed by atoms with Gasteiger partial charge in [-0.15, -0.1) is 11.8 Å². The zero-order valence-corrected chi connectivity index (χ0v) is 13.5. The fourth-order valence-electron chi connectivity index (χ4n) is 2.11. The Hall–Kier alpha value is -0.770. The van der Waals surface area contributed by atoms with E-state index < -0.39 is 0 Å². The van der Waals surface area contributed by atoms with Crippen molar-refractivity contribution in [1.82, 2.24) is 0 Å². The van der Waals surface area contributed by atoms with Gasteiger partial charge in [-0.3, -0.25) is 0 Å². The Labute approximate surface area is 127 Å². The highest BCUT2D eigenvalue weighted by molar-refractivity contribution is 9.10. The molecule has 0 bridgehead atoms. The molecule has 0 fully saturated rings. The molecule has 0 saturated carbocycles. The molecule has 1 nitrogen and oxygen atoms in total. The zero-order valence-electron chi connectivity index (χ0n) is 11.1. The molecule has 0 saturated heterocycles. The first-order valence-corrected chi connectivity index (χ1v) is 7.95. The van der Waals surface area contributed by atoms with Gasteiger partial charge >= 0.3 is 0 Å². The molecule has 0 spiro atoms. The molecule has 0 aliphatic carbocycles. The second-order valence-electron chi connectivity index (χ2n) is 4.69. The summed E-state index contributed by atoms with van der Waals surface area (Å²) in [4.78, 5) is 1.14. The molecular weight excluding hydrogens is 320 g/mol. The van der Waals surface area contributed by atoms with E-state index in [2.05, 4.69) is 54.0 Å². The fourth-order valence-corrected chi connectivity index (χ4v) is 3.64. The van der Waals surface area contributed by atoms with Gasteiger partial charge in [0.25, 0.3) is 0 Å².